The molecule has 0 bridgehead atoms. The van der Waals surface area contributed by atoms with E-state index in [2.05, 4.69) is 16.0 Å². The summed E-state index contributed by atoms with van der Waals surface area (Å²) in [7, 11) is 0. The average molecular weight is 438 g/mol. The summed E-state index contributed by atoms with van der Waals surface area (Å²) in [5.41, 5.74) is 2.65. The van der Waals surface area contributed by atoms with Crippen LogP contribution >= 0.6 is 11.3 Å². The summed E-state index contributed by atoms with van der Waals surface area (Å²) in [6.07, 6.45) is -0.0888. The van der Waals surface area contributed by atoms with Crippen molar-refractivity contribution in [2.75, 3.05) is 22.6 Å². The minimum atomic E-state index is -0.758. The van der Waals surface area contributed by atoms with Crippen molar-refractivity contribution in [3.05, 3.63) is 52.4 Å². The van der Waals surface area contributed by atoms with Crippen LogP contribution in [0, 0.1) is 13.8 Å². The van der Waals surface area contributed by atoms with E-state index in [4.69, 9.17) is 4.74 Å². The molecule has 2 heterocycles. The molecule has 7 nitrogen and oxygen atoms in total. The van der Waals surface area contributed by atoms with Gasteiger partial charge < -0.3 is 20.7 Å². The summed E-state index contributed by atoms with van der Waals surface area (Å²) in [6.45, 7) is 5.70. The molecule has 0 aliphatic carbocycles. The molecule has 1 aliphatic heterocycles. The lowest BCUT2D eigenvalue weighted by atomic mass is 10.1. The van der Waals surface area contributed by atoms with Crippen LogP contribution in [0.3, 0.4) is 0 Å². The van der Waals surface area contributed by atoms with Gasteiger partial charge in [-0.25, -0.2) is 4.79 Å². The molecule has 0 spiro atoms. The highest BCUT2D eigenvalue weighted by Crippen LogP contribution is 2.35. The van der Waals surface area contributed by atoms with Gasteiger partial charge in [-0.2, -0.15) is 0 Å². The number of rotatable bonds is 5. The highest BCUT2D eigenvalue weighted by molar-refractivity contribution is 7.16. The first-order valence-electron chi connectivity index (χ1n) is 10.0. The van der Waals surface area contributed by atoms with Gasteiger partial charge in [0.15, 0.2) is 0 Å². The molecule has 4 rings (SSSR count). The number of anilines is 3. The highest BCUT2D eigenvalue weighted by Gasteiger charge is 2.28. The summed E-state index contributed by atoms with van der Waals surface area (Å²) in [6, 6.07) is 10.7. The molecule has 0 radical (unpaired) electrons. The Bertz CT molecular complexity index is 1200. The molecular formula is C23H23N3O4S. The van der Waals surface area contributed by atoms with Gasteiger partial charge in [0.1, 0.15) is 11.0 Å². The van der Waals surface area contributed by atoms with Crippen LogP contribution in [-0.4, -0.2) is 30.4 Å². The van der Waals surface area contributed by atoms with Gasteiger partial charge in [0.05, 0.1) is 24.3 Å². The minimum Gasteiger partial charge on any atom is -0.462 e. The normalized spacial score (nSPS) is 15.1. The Morgan fingerprint density at radius 1 is 1.13 bits per heavy atom. The number of thiophene rings is 1. The van der Waals surface area contributed by atoms with E-state index in [9.17, 15) is 14.4 Å². The SMILES string of the molecule is CCOC(=O)c1c(NC(=O)C[C@H]2Nc3cccc4cccc(c34)NC2=O)sc(C)c1C. The summed E-state index contributed by atoms with van der Waals surface area (Å²) >= 11 is 1.32. The topological polar surface area (TPSA) is 96.5 Å². The van der Waals surface area contributed by atoms with E-state index in [-0.39, 0.29) is 24.8 Å². The van der Waals surface area contributed by atoms with E-state index in [0.717, 1.165) is 26.9 Å². The number of aryl methyl sites for hydroxylation is 1. The second-order valence-corrected chi connectivity index (χ2v) is 8.58. The lowest BCUT2D eigenvalue weighted by Crippen LogP contribution is -2.36. The molecule has 2 aromatic carbocycles. The molecule has 1 aromatic heterocycles. The number of carbonyl (C=O) groups excluding carboxylic acids is 3. The number of ether oxygens (including phenoxy) is 1. The van der Waals surface area contributed by atoms with E-state index in [1.165, 1.54) is 11.3 Å². The number of nitrogens with one attached hydrogen (secondary N) is 3. The molecule has 3 N–H and O–H groups in total. The standard InChI is InChI=1S/C23H23N3O4S/c1-4-30-23(29)19-12(2)13(3)31-22(19)26-18(27)11-17-21(28)25-16-10-6-8-14-7-5-9-15(24-17)20(14)16/h5-10,17,24H,4,11H2,1-3H3,(H,25,28)(H,26,27)/t17-/m1/s1. The first kappa shape index (κ1) is 20.9. The van der Waals surface area contributed by atoms with Gasteiger partial charge in [0.25, 0.3) is 0 Å². The van der Waals surface area contributed by atoms with E-state index < -0.39 is 12.0 Å². The molecule has 2 amide bonds. The summed E-state index contributed by atoms with van der Waals surface area (Å²) in [5, 5.41) is 11.3. The van der Waals surface area contributed by atoms with Gasteiger partial charge in [0.2, 0.25) is 11.8 Å². The molecular weight excluding hydrogens is 414 g/mol. The fourth-order valence-electron chi connectivity index (χ4n) is 3.71. The van der Waals surface area contributed by atoms with Crippen LogP contribution in [0.2, 0.25) is 0 Å². The third-order valence-corrected chi connectivity index (χ3v) is 6.44. The number of carbonyl (C=O) groups is 3. The Kier molecular flexibility index (Phi) is 5.65. The number of benzene rings is 2. The van der Waals surface area contributed by atoms with Crippen molar-refractivity contribution in [1.29, 1.82) is 0 Å². The second kappa shape index (κ2) is 8.39. The molecule has 1 atom stereocenters. The minimum absolute atomic E-state index is 0.0888. The summed E-state index contributed by atoms with van der Waals surface area (Å²) < 4.78 is 5.14. The van der Waals surface area contributed by atoms with Crippen LogP contribution in [0.1, 0.15) is 34.1 Å². The van der Waals surface area contributed by atoms with Crippen molar-refractivity contribution < 1.29 is 19.1 Å². The second-order valence-electron chi connectivity index (χ2n) is 7.36. The fourth-order valence-corrected chi connectivity index (χ4v) is 4.77. The van der Waals surface area contributed by atoms with Crippen molar-refractivity contribution in [3.8, 4) is 0 Å². The first-order valence-corrected chi connectivity index (χ1v) is 10.9. The van der Waals surface area contributed by atoms with Crippen LogP contribution in [0.4, 0.5) is 16.4 Å². The first-order chi connectivity index (χ1) is 14.9. The third kappa shape index (κ3) is 3.98. The van der Waals surface area contributed by atoms with Crippen molar-refractivity contribution >= 4 is 56.3 Å². The van der Waals surface area contributed by atoms with Crippen LogP contribution in [0.25, 0.3) is 10.8 Å². The van der Waals surface area contributed by atoms with Gasteiger partial charge in [-0.15, -0.1) is 11.3 Å². The maximum Gasteiger partial charge on any atom is 0.341 e. The van der Waals surface area contributed by atoms with Crippen LogP contribution in [0.5, 0.6) is 0 Å². The molecule has 3 aromatic rings. The summed E-state index contributed by atoms with van der Waals surface area (Å²) in [4.78, 5) is 38.9. The Morgan fingerprint density at radius 2 is 1.84 bits per heavy atom. The molecule has 160 valence electrons. The predicted molar refractivity (Wildman–Crippen MR) is 123 cm³/mol. The zero-order valence-corrected chi connectivity index (χ0v) is 18.3. The van der Waals surface area contributed by atoms with Gasteiger partial charge in [-0.3, -0.25) is 9.59 Å². The smallest absolute Gasteiger partial charge is 0.341 e. The molecule has 0 saturated carbocycles. The van der Waals surface area contributed by atoms with Gasteiger partial charge in [-0.1, -0.05) is 24.3 Å². The number of hydrogen-bond donors (Lipinski definition) is 3. The molecule has 1 aliphatic rings. The largest absolute Gasteiger partial charge is 0.462 e. The average Bonchev–Trinajstić information content (AvgIpc) is 2.92. The highest BCUT2D eigenvalue weighted by atomic mass is 32.1. The maximum atomic E-state index is 12.8. The number of esters is 1. The Labute approximate surface area is 183 Å². The zero-order chi connectivity index (χ0) is 22.1. The lowest BCUT2D eigenvalue weighted by molar-refractivity contribution is -0.121. The number of hydrogen-bond acceptors (Lipinski definition) is 6. The van der Waals surface area contributed by atoms with Crippen molar-refractivity contribution in [1.82, 2.24) is 0 Å². The van der Waals surface area contributed by atoms with Crippen molar-refractivity contribution in [2.24, 2.45) is 0 Å². The van der Waals surface area contributed by atoms with Crippen LogP contribution in [-0.2, 0) is 14.3 Å². The Morgan fingerprint density at radius 3 is 2.55 bits per heavy atom. The quantitative estimate of drug-likeness (QED) is 0.512. The predicted octanol–water partition coefficient (Wildman–Crippen LogP) is 4.46. The molecule has 0 saturated heterocycles. The van der Waals surface area contributed by atoms with Crippen LogP contribution in [0.15, 0.2) is 36.4 Å². The van der Waals surface area contributed by atoms with Crippen molar-refractivity contribution in [2.45, 2.75) is 33.2 Å². The molecule has 8 heteroatoms. The van der Waals surface area contributed by atoms with Gasteiger partial charge in [-0.05, 0) is 43.9 Å². The van der Waals surface area contributed by atoms with E-state index in [1.807, 2.05) is 50.2 Å². The summed E-state index contributed by atoms with van der Waals surface area (Å²) in [5.74, 6) is -1.12. The van der Waals surface area contributed by atoms with E-state index in [1.54, 1.807) is 6.92 Å². The molecule has 0 unspecified atom stereocenters. The van der Waals surface area contributed by atoms with Crippen LogP contribution < -0.4 is 16.0 Å². The maximum absolute atomic E-state index is 12.8. The monoisotopic (exact) mass is 437 g/mol. The fraction of sp³-hybridized carbons (Fsp3) is 0.261. The van der Waals surface area contributed by atoms with E-state index in [0.29, 0.717) is 16.3 Å². The Balaban J connectivity index is 1.55. The van der Waals surface area contributed by atoms with Gasteiger partial charge >= 0.3 is 5.97 Å². The third-order valence-electron chi connectivity index (χ3n) is 5.32. The lowest BCUT2D eigenvalue weighted by Gasteiger charge is -2.16. The molecule has 0 fully saturated rings. The Hall–Kier alpha value is -3.39. The van der Waals surface area contributed by atoms with Crippen molar-refractivity contribution in [3.63, 3.8) is 0 Å². The zero-order valence-electron chi connectivity index (χ0n) is 17.5. The van der Waals surface area contributed by atoms with E-state index >= 15 is 0 Å². The number of amides is 2. The van der Waals surface area contributed by atoms with Gasteiger partial charge in [0, 0.05) is 16.0 Å². The molecule has 31 heavy (non-hydrogen) atoms.